The summed E-state index contributed by atoms with van der Waals surface area (Å²) in [6.07, 6.45) is 0. The minimum Gasteiger partial charge on any atom is -0.481 e. The van der Waals surface area contributed by atoms with Crippen molar-refractivity contribution in [3.63, 3.8) is 0 Å². The molecule has 1 atom stereocenters. The Morgan fingerprint density at radius 3 is 2.44 bits per heavy atom. The SMILES string of the molecule is Cc1cc(C)c(F)c(C(CN)C(=O)O)c1C. The topological polar surface area (TPSA) is 63.3 Å². The molecule has 0 aliphatic rings. The van der Waals surface area contributed by atoms with Crippen LogP contribution in [0.4, 0.5) is 4.39 Å². The molecule has 1 aromatic carbocycles. The van der Waals surface area contributed by atoms with Crippen LogP contribution in [0.3, 0.4) is 0 Å². The third kappa shape index (κ3) is 2.07. The summed E-state index contributed by atoms with van der Waals surface area (Å²) in [4.78, 5) is 11.0. The van der Waals surface area contributed by atoms with E-state index in [-0.39, 0.29) is 12.1 Å². The number of nitrogens with two attached hydrogens (primary N) is 1. The molecule has 0 fully saturated rings. The van der Waals surface area contributed by atoms with Crippen molar-refractivity contribution >= 4 is 5.97 Å². The Bertz CT molecular complexity index is 403. The maximum Gasteiger partial charge on any atom is 0.312 e. The Hall–Kier alpha value is -1.42. The minimum absolute atomic E-state index is 0.101. The third-order valence-corrected chi connectivity index (χ3v) is 2.89. The summed E-state index contributed by atoms with van der Waals surface area (Å²) in [6, 6.07) is 1.71. The molecule has 0 aromatic heterocycles. The maximum absolute atomic E-state index is 13.9. The Kier molecular flexibility index (Phi) is 3.65. The first-order valence-corrected chi connectivity index (χ1v) is 5.09. The molecule has 4 heteroatoms. The summed E-state index contributed by atoms with van der Waals surface area (Å²) in [5, 5.41) is 9.01. The van der Waals surface area contributed by atoms with Gasteiger partial charge in [0.1, 0.15) is 5.82 Å². The molecule has 0 saturated carbocycles. The Morgan fingerprint density at radius 2 is 2.00 bits per heavy atom. The molecule has 88 valence electrons. The molecule has 0 radical (unpaired) electrons. The normalized spacial score (nSPS) is 12.6. The molecule has 0 bridgehead atoms. The number of aryl methyl sites for hydroxylation is 2. The van der Waals surface area contributed by atoms with Gasteiger partial charge < -0.3 is 10.8 Å². The van der Waals surface area contributed by atoms with Crippen molar-refractivity contribution in [2.24, 2.45) is 5.73 Å². The number of aliphatic carboxylic acids is 1. The predicted molar refractivity (Wildman–Crippen MR) is 60.0 cm³/mol. The summed E-state index contributed by atoms with van der Waals surface area (Å²) in [5.41, 5.74) is 7.62. The summed E-state index contributed by atoms with van der Waals surface area (Å²) in [5.74, 6) is -2.52. The van der Waals surface area contributed by atoms with E-state index in [0.29, 0.717) is 11.1 Å². The van der Waals surface area contributed by atoms with Gasteiger partial charge in [-0.3, -0.25) is 4.79 Å². The molecule has 1 aromatic rings. The second kappa shape index (κ2) is 4.61. The highest BCUT2D eigenvalue weighted by Gasteiger charge is 2.25. The van der Waals surface area contributed by atoms with Gasteiger partial charge in [0, 0.05) is 12.1 Å². The maximum atomic E-state index is 13.9. The van der Waals surface area contributed by atoms with Crippen molar-refractivity contribution < 1.29 is 14.3 Å². The summed E-state index contributed by atoms with van der Waals surface area (Å²) < 4.78 is 13.9. The molecule has 0 spiro atoms. The molecule has 0 saturated heterocycles. The summed E-state index contributed by atoms with van der Waals surface area (Å²) in [6.45, 7) is 5.08. The molecule has 0 amide bonds. The van der Waals surface area contributed by atoms with Crippen LogP contribution in [0.1, 0.15) is 28.2 Å². The van der Waals surface area contributed by atoms with Crippen LogP contribution in [-0.2, 0) is 4.79 Å². The van der Waals surface area contributed by atoms with E-state index in [4.69, 9.17) is 10.8 Å². The standard InChI is InChI=1S/C12H16FNO2/c1-6-4-7(2)11(13)10(8(6)3)9(5-14)12(15)16/h4,9H,5,14H2,1-3H3,(H,15,16). The lowest BCUT2D eigenvalue weighted by Crippen LogP contribution is -2.23. The largest absolute Gasteiger partial charge is 0.481 e. The van der Waals surface area contributed by atoms with Gasteiger partial charge in [-0.25, -0.2) is 4.39 Å². The van der Waals surface area contributed by atoms with Gasteiger partial charge in [0.2, 0.25) is 0 Å². The first-order valence-electron chi connectivity index (χ1n) is 5.09. The van der Waals surface area contributed by atoms with Gasteiger partial charge in [0.15, 0.2) is 0 Å². The highest BCUT2D eigenvalue weighted by molar-refractivity contribution is 5.77. The molecule has 16 heavy (non-hydrogen) atoms. The van der Waals surface area contributed by atoms with Crippen LogP contribution in [0.25, 0.3) is 0 Å². The van der Waals surface area contributed by atoms with Crippen molar-refractivity contribution in [1.29, 1.82) is 0 Å². The van der Waals surface area contributed by atoms with E-state index in [1.54, 1.807) is 19.9 Å². The van der Waals surface area contributed by atoms with Crippen LogP contribution in [0.2, 0.25) is 0 Å². The molecule has 0 aliphatic heterocycles. The van der Waals surface area contributed by atoms with E-state index in [0.717, 1.165) is 5.56 Å². The average Bonchev–Trinajstić information content (AvgIpc) is 2.21. The Balaban J connectivity index is 3.47. The van der Waals surface area contributed by atoms with Crippen LogP contribution in [0.5, 0.6) is 0 Å². The van der Waals surface area contributed by atoms with Gasteiger partial charge in [-0.15, -0.1) is 0 Å². The first kappa shape index (κ1) is 12.6. The van der Waals surface area contributed by atoms with Crippen molar-refractivity contribution in [3.05, 3.63) is 34.1 Å². The molecule has 1 unspecified atom stereocenters. The quantitative estimate of drug-likeness (QED) is 0.825. The lowest BCUT2D eigenvalue weighted by atomic mass is 9.90. The number of rotatable bonds is 3. The fourth-order valence-corrected chi connectivity index (χ4v) is 1.84. The van der Waals surface area contributed by atoms with Gasteiger partial charge >= 0.3 is 5.97 Å². The van der Waals surface area contributed by atoms with Gasteiger partial charge in [0.05, 0.1) is 5.92 Å². The Labute approximate surface area is 94.1 Å². The number of hydrogen-bond donors (Lipinski definition) is 2. The highest BCUT2D eigenvalue weighted by Crippen LogP contribution is 2.27. The van der Waals surface area contributed by atoms with Crippen LogP contribution < -0.4 is 5.73 Å². The van der Waals surface area contributed by atoms with Crippen molar-refractivity contribution in [2.75, 3.05) is 6.54 Å². The van der Waals surface area contributed by atoms with Crippen LogP contribution in [-0.4, -0.2) is 17.6 Å². The fraction of sp³-hybridized carbons (Fsp3) is 0.417. The minimum atomic E-state index is -1.09. The summed E-state index contributed by atoms with van der Waals surface area (Å²) >= 11 is 0. The van der Waals surface area contributed by atoms with Crippen LogP contribution >= 0.6 is 0 Å². The first-order chi connectivity index (χ1) is 7.40. The smallest absolute Gasteiger partial charge is 0.312 e. The van der Waals surface area contributed by atoms with Crippen molar-refractivity contribution in [1.82, 2.24) is 0 Å². The van der Waals surface area contributed by atoms with E-state index >= 15 is 0 Å². The van der Waals surface area contributed by atoms with E-state index in [2.05, 4.69) is 0 Å². The predicted octanol–water partition coefficient (Wildman–Crippen LogP) is 1.88. The van der Waals surface area contributed by atoms with Crippen molar-refractivity contribution in [3.8, 4) is 0 Å². The molecule has 0 aliphatic carbocycles. The number of halogens is 1. The number of hydrogen-bond acceptors (Lipinski definition) is 2. The number of carboxylic acid groups (broad SMARTS) is 1. The van der Waals surface area contributed by atoms with Crippen LogP contribution in [0, 0.1) is 26.6 Å². The molecular weight excluding hydrogens is 209 g/mol. The number of benzene rings is 1. The Morgan fingerprint density at radius 1 is 1.44 bits per heavy atom. The molecule has 0 heterocycles. The van der Waals surface area contributed by atoms with Gasteiger partial charge in [-0.2, -0.15) is 0 Å². The van der Waals surface area contributed by atoms with Crippen LogP contribution in [0.15, 0.2) is 6.07 Å². The lowest BCUT2D eigenvalue weighted by molar-refractivity contribution is -0.138. The van der Waals surface area contributed by atoms with Gasteiger partial charge in [-0.05, 0) is 37.5 Å². The van der Waals surface area contributed by atoms with Gasteiger partial charge in [0.25, 0.3) is 0 Å². The zero-order valence-corrected chi connectivity index (χ0v) is 9.67. The average molecular weight is 225 g/mol. The van der Waals surface area contributed by atoms with Crippen molar-refractivity contribution in [2.45, 2.75) is 26.7 Å². The second-order valence-corrected chi connectivity index (χ2v) is 3.99. The molecule has 3 nitrogen and oxygen atoms in total. The van der Waals surface area contributed by atoms with E-state index < -0.39 is 17.7 Å². The monoisotopic (exact) mass is 225 g/mol. The molecular formula is C12H16FNO2. The van der Waals surface area contributed by atoms with E-state index in [9.17, 15) is 9.18 Å². The van der Waals surface area contributed by atoms with E-state index in [1.807, 2.05) is 6.92 Å². The lowest BCUT2D eigenvalue weighted by Gasteiger charge is -2.17. The molecule has 3 N–H and O–H groups in total. The second-order valence-electron chi connectivity index (χ2n) is 3.99. The zero-order valence-electron chi connectivity index (χ0n) is 9.67. The number of carbonyl (C=O) groups is 1. The molecule has 1 rings (SSSR count). The number of carboxylic acids is 1. The van der Waals surface area contributed by atoms with Gasteiger partial charge in [-0.1, -0.05) is 6.07 Å². The van der Waals surface area contributed by atoms with E-state index in [1.165, 1.54) is 0 Å². The summed E-state index contributed by atoms with van der Waals surface area (Å²) in [7, 11) is 0. The highest BCUT2D eigenvalue weighted by atomic mass is 19.1. The zero-order chi connectivity index (χ0) is 12.5. The third-order valence-electron chi connectivity index (χ3n) is 2.89. The fourth-order valence-electron chi connectivity index (χ4n) is 1.84.